The number of aromatic amines is 1. The maximum Gasteiger partial charge on any atom is 0.000496 e. The second-order valence-electron chi connectivity index (χ2n) is 2.72. The van der Waals surface area contributed by atoms with Crippen LogP contribution in [0.3, 0.4) is 0 Å². The Labute approximate surface area is 92.6 Å². The lowest BCUT2D eigenvalue weighted by Crippen LogP contribution is -1.73. The zero-order valence-corrected chi connectivity index (χ0v) is 9.40. The van der Waals surface area contributed by atoms with E-state index in [0.29, 0.717) is 0 Å². The summed E-state index contributed by atoms with van der Waals surface area (Å²) in [5.74, 6) is 0. The first-order valence-corrected chi connectivity index (χ1v) is 4.55. The van der Waals surface area contributed by atoms with Gasteiger partial charge in [-0.15, -0.1) is 0 Å². The van der Waals surface area contributed by atoms with E-state index in [2.05, 4.69) is 36.2 Å². The van der Waals surface area contributed by atoms with Gasteiger partial charge in [0.15, 0.2) is 0 Å². The molecule has 76 valence electrons. The van der Waals surface area contributed by atoms with Crippen molar-refractivity contribution in [1.29, 1.82) is 0 Å². The Bertz CT molecular complexity index is 272. The molecule has 0 amide bonds. The van der Waals surface area contributed by atoms with Crippen molar-refractivity contribution in [1.82, 2.24) is 4.98 Å². The quantitative estimate of drug-likeness (QED) is 0.738. The van der Waals surface area contributed by atoms with E-state index in [4.69, 9.17) is 0 Å². The minimum absolute atomic E-state index is 0. The lowest BCUT2D eigenvalue weighted by atomic mass is 10.2. The van der Waals surface area contributed by atoms with Crippen LogP contribution in [-0.4, -0.2) is 4.98 Å². The van der Waals surface area contributed by atoms with Crippen molar-refractivity contribution >= 4 is 13.5 Å². The Morgan fingerprint density at radius 3 is 1.79 bits per heavy atom. The number of hydrogen-bond donors (Lipinski definition) is 1. The van der Waals surface area contributed by atoms with Crippen LogP contribution in [0, 0.1) is 0 Å². The largest absolute Gasteiger partial charge is 0.368 e. The molecule has 2 aromatic rings. The molecule has 1 aromatic heterocycles. The fraction of sp³-hybridized carbons (Fsp3) is 0.167. The number of rotatable bonds is 1. The van der Waals surface area contributed by atoms with Crippen LogP contribution < -0.4 is 0 Å². The van der Waals surface area contributed by atoms with Crippen LogP contribution in [0.4, 0.5) is 0 Å². The van der Waals surface area contributed by atoms with E-state index in [1.165, 1.54) is 5.56 Å². The molecule has 0 saturated carbocycles. The van der Waals surface area contributed by atoms with Gasteiger partial charge in [0.2, 0.25) is 0 Å². The summed E-state index contributed by atoms with van der Waals surface area (Å²) in [6.07, 6.45) is 4.89. The van der Waals surface area contributed by atoms with Gasteiger partial charge >= 0.3 is 0 Å². The Kier molecular flexibility index (Phi) is 7.75. The molecular formula is C12H17NS. The monoisotopic (exact) mass is 207 g/mol. The highest BCUT2D eigenvalue weighted by Crippen LogP contribution is 1.96. The van der Waals surface area contributed by atoms with Crippen molar-refractivity contribution < 1.29 is 0 Å². The van der Waals surface area contributed by atoms with E-state index in [1.54, 1.807) is 0 Å². The maximum absolute atomic E-state index is 2.86. The van der Waals surface area contributed by atoms with Gasteiger partial charge in [0.05, 0.1) is 0 Å². The number of aromatic nitrogens is 1. The van der Waals surface area contributed by atoms with Crippen LogP contribution in [0.5, 0.6) is 0 Å². The van der Waals surface area contributed by atoms with Gasteiger partial charge in [0, 0.05) is 12.4 Å². The molecule has 0 saturated heterocycles. The number of aryl methyl sites for hydroxylation is 1. The molecule has 0 radical (unpaired) electrons. The lowest BCUT2D eigenvalue weighted by Gasteiger charge is -1.89. The molecule has 0 aliphatic rings. The molecule has 0 aliphatic heterocycles. The van der Waals surface area contributed by atoms with Crippen LogP contribution in [0.1, 0.15) is 12.5 Å². The van der Waals surface area contributed by atoms with E-state index >= 15 is 0 Å². The second kappa shape index (κ2) is 8.45. The van der Waals surface area contributed by atoms with Crippen LogP contribution >= 0.6 is 13.5 Å². The number of nitrogens with one attached hydrogen (secondary N) is 1. The fourth-order valence-corrected chi connectivity index (χ4v) is 0.991. The number of benzene rings is 1. The van der Waals surface area contributed by atoms with Crippen molar-refractivity contribution in [3.63, 3.8) is 0 Å². The van der Waals surface area contributed by atoms with Gasteiger partial charge in [-0.05, 0) is 24.1 Å². The summed E-state index contributed by atoms with van der Waals surface area (Å²) in [6.45, 7) is 2.16. The van der Waals surface area contributed by atoms with E-state index in [9.17, 15) is 0 Å². The van der Waals surface area contributed by atoms with Crippen molar-refractivity contribution in [2.75, 3.05) is 0 Å². The summed E-state index contributed by atoms with van der Waals surface area (Å²) < 4.78 is 0. The summed E-state index contributed by atoms with van der Waals surface area (Å²) in [7, 11) is 0. The molecule has 0 fully saturated rings. The lowest BCUT2D eigenvalue weighted by molar-refractivity contribution is 1.14. The minimum atomic E-state index is 0. The van der Waals surface area contributed by atoms with E-state index < -0.39 is 0 Å². The smallest absolute Gasteiger partial charge is 0.000496 e. The standard InChI is InChI=1S/C8H10.C4H5N.H2S/c1-2-8-6-4-3-5-7-8;1-2-4-5-3-1;/h3-7H,2H2,1H3;1-5H;1H2. The fourth-order valence-electron chi connectivity index (χ4n) is 0.991. The summed E-state index contributed by atoms with van der Waals surface area (Å²) in [5.41, 5.74) is 1.41. The highest BCUT2D eigenvalue weighted by Gasteiger charge is 1.79. The summed E-state index contributed by atoms with van der Waals surface area (Å²) >= 11 is 0. The molecule has 1 heterocycles. The summed E-state index contributed by atoms with van der Waals surface area (Å²) in [5, 5.41) is 0. The first kappa shape index (κ1) is 12.8. The molecule has 0 spiro atoms. The van der Waals surface area contributed by atoms with Crippen molar-refractivity contribution in [2.45, 2.75) is 13.3 Å². The average Bonchev–Trinajstić information content (AvgIpc) is 2.77. The second-order valence-corrected chi connectivity index (χ2v) is 2.72. The van der Waals surface area contributed by atoms with Gasteiger partial charge < -0.3 is 4.98 Å². The average molecular weight is 207 g/mol. The molecule has 2 heteroatoms. The normalized spacial score (nSPS) is 8.07. The highest BCUT2D eigenvalue weighted by atomic mass is 32.1. The summed E-state index contributed by atoms with van der Waals surface area (Å²) in [4.78, 5) is 2.86. The molecule has 0 atom stereocenters. The molecule has 0 bridgehead atoms. The molecule has 1 nitrogen and oxygen atoms in total. The molecule has 0 aliphatic carbocycles. The Morgan fingerprint density at radius 1 is 0.929 bits per heavy atom. The SMILES string of the molecule is CCc1ccccc1.S.c1cc[nH]c1. The van der Waals surface area contributed by atoms with Crippen molar-refractivity contribution in [3.05, 3.63) is 60.4 Å². The van der Waals surface area contributed by atoms with Crippen LogP contribution in [0.25, 0.3) is 0 Å². The van der Waals surface area contributed by atoms with Crippen molar-refractivity contribution in [3.8, 4) is 0 Å². The van der Waals surface area contributed by atoms with Crippen LogP contribution in [0.15, 0.2) is 54.9 Å². The maximum atomic E-state index is 2.86. The Hall–Kier alpha value is -1.15. The molecule has 1 aromatic carbocycles. The van der Waals surface area contributed by atoms with E-state index in [0.717, 1.165) is 6.42 Å². The first-order valence-electron chi connectivity index (χ1n) is 4.55. The highest BCUT2D eigenvalue weighted by molar-refractivity contribution is 7.59. The Balaban J connectivity index is 0.000000246. The zero-order valence-electron chi connectivity index (χ0n) is 8.40. The topological polar surface area (TPSA) is 15.8 Å². The van der Waals surface area contributed by atoms with Gasteiger partial charge in [-0.3, -0.25) is 0 Å². The third kappa shape index (κ3) is 5.49. The van der Waals surface area contributed by atoms with Gasteiger partial charge in [-0.25, -0.2) is 0 Å². The number of H-pyrrole nitrogens is 1. The third-order valence-electron chi connectivity index (χ3n) is 1.75. The van der Waals surface area contributed by atoms with Gasteiger partial charge in [0.25, 0.3) is 0 Å². The predicted octanol–water partition coefficient (Wildman–Crippen LogP) is 3.38. The molecular weight excluding hydrogens is 190 g/mol. The van der Waals surface area contributed by atoms with Crippen molar-refractivity contribution in [2.24, 2.45) is 0 Å². The van der Waals surface area contributed by atoms with Crippen LogP contribution in [-0.2, 0) is 6.42 Å². The minimum Gasteiger partial charge on any atom is -0.368 e. The van der Waals surface area contributed by atoms with Crippen LogP contribution in [0.2, 0.25) is 0 Å². The van der Waals surface area contributed by atoms with E-state index in [-0.39, 0.29) is 13.5 Å². The molecule has 14 heavy (non-hydrogen) atoms. The van der Waals surface area contributed by atoms with Gasteiger partial charge in [0.1, 0.15) is 0 Å². The summed E-state index contributed by atoms with van der Waals surface area (Å²) in [6, 6.07) is 14.3. The molecule has 2 rings (SSSR count). The third-order valence-corrected chi connectivity index (χ3v) is 1.75. The zero-order chi connectivity index (χ0) is 9.36. The molecule has 1 N–H and O–H groups in total. The predicted molar refractivity (Wildman–Crippen MR) is 67.0 cm³/mol. The van der Waals surface area contributed by atoms with Gasteiger partial charge in [-0.2, -0.15) is 13.5 Å². The number of hydrogen-bond acceptors (Lipinski definition) is 0. The van der Waals surface area contributed by atoms with E-state index in [1.807, 2.05) is 30.6 Å². The Morgan fingerprint density at radius 2 is 1.50 bits per heavy atom. The van der Waals surface area contributed by atoms with Gasteiger partial charge in [-0.1, -0.05) is 37.3 Å². The first-order chi connectivity index (χ1) is 6.43. The molecule has 0 unspecified atom stereocenters.